The van der Waals surface area contributed by atoms with Crippen LogP contribution in [0.25, 0.3) is 5.69 Å². The summed E-state index contributed by atoms with van der Waals surface area (Å²) in [5.74, 6) is 0. The largest absolute Gasteiger partial charge is 0.310 e. The topological polar surface area (TPSA) is 55.6 Å². The summed E-state index contributed by atoms with van der Waals surface area (Å²) >= 11 is 0. The van der Waals surface area contributed by atoms with E-state index in [0.29, 0.717) is 6.04 Å². The molecule has 0 fully saturated rings. The van der Waals surface area contributed by atoms with Crippen LogP contribution in [0.3, 0.4) is 0 Å². The van der Waals surface area contributed by atoms with Crippen LogP contribution in [0, 0.1) is 5.41 Å². The van der Waals surface area contributed by atoms with Gasteiger partial charge >= 0.3 is 0 Å². The molecule has 1 atom stereocenters. The maximum atomic E-state index is 3.91. The lowest BCUT2D eigenvalue weighted by atomic mass is 9.96. The third kappa shape index (κ3) is 3.86. The van der Waals surface area contributed by atoms with Crippen molar-refractivity contribution in [1.82, 2.24) is 25.5 Å². The van der Waals surface area contributed by atoms with Crippen LogP contribution in [0.2, 0.25) is 0 Å². The summed E-state index contributed by atoms with van der Waals surface area (Å²) in [6.07, 6.45) is 1.60. The molecule has 1 heterocycles. The zero-order valence-corrected chi connectivity index (χ0v) is 12.0. The number of tetrazole rings is 1. The van der Waals surface area contributed by atoms with Crippen molar-refractivity contribution in [2.75, 3.05) is 6.54 Å². The summed E-state index contributed by atoms with van der Waals surface area (Å²) in [6, 6.07) is 8.55. The van der Waals surface area contributed by atoms with Gasteiger partial charge in [-0.15, -0.1) is 5.10 Å². The first-order chi connectivity index (χ1) is 8.96. The third-order valence-electron chi connectivity index (χ3n) is 2.92. The van der Waals surface area contributed by atoms with E-state index < -0.39 is 0 Å². The van der Waals surface area contributed by atoms with E-state index in [1.165, 1.54) is 5.56 Å². The molecule has 5 heteroatoms. The Kier molecular flexibility index (Phi) is 3.95. The van der Waals surface area contributed by atoms with Gasteiger partial charge in [0.1, 0.15) is 6.33 Å². The van der Waals surface area contributed by atoms with Gasteiger partial charge in [0.2, 0.25) is 0 Å². The first-order valence-electron chi connectivity index (χ1n) is 6.52. The Morgan fingerprint density at radius 1 is 1.32 bits per heavy atom. The van der Waals surface area contributed by atoms with E-state index >= 15 is 0 Å². The van der Waals surface area contributed by atoms with E-state index in [1.807, 2.05) is 12.1 Å². The lowest BCUT2D eigenvalue weighted by Gasteiger charge is -2.23. The summed E-state index contributed by atoms with van der Waals surface area (Å²) in [4.78, 5) is 0. The molecule has 102 valence electrons. The Morgan fingerprint density at radius 2 is 2.11 bits per heavy atom. The van der Waals surface area contributed by atoms with E-state index in [2.05, 4.69) is 60.7 Å². The molecule has 1 aromatic carbocycles. The number of nitrogens with zero attached hydrogens (tertiary/aromatic N) is 4. The summed E-state index contributed by atoms with van der Waals surface area (Å²) in [5.41, 5.74) is 2.49. The van der Waals surface area contributed by atoms with Crippen molar-refractivity contribution in [3.05, 3.63) is 36.2 Å². The van der Waals surface area contributed by atoms with Crippen LogP contribution in [-0.2, 0) is 0 Å². The minimum Gasteiger partial charge on any atom is -0.310 e. The van der Waals surface area contributed by atoms with E-state index in [1.54, 1.807) is 11.0 Å². The highest BCUT2D eigenvalue weighted by Crippen LogP contribution is 2.18. The molecule has 19 heavy (non-hydrogen) atoms. The highest BCUT2D eigenvalue weighted by atomic mass is 15.5. The summed E-state index contributed by atoms with van der Waals surface area (Å²) in [5, 5.41) is 14.8. The van der Waals surface area contributed by atoms with Gasteiger partial charge in [0.25, 0.3) is 0 Å². The Balaban J connectivity index is 2.10. The van der Waals surface area contributed by atoms with Crippen LogP contribution in [0.1, 0.15) is 39.3 Å². The molecule has 2 rings (SSSR count). The third-order valence-corrected chi connectivity index (χ3v) is 2.92. The number of rotatable bonds is 4. The summed E-state index contributed by atoms with van der Waals surface area (Å²) in [6.45, 7) is 9.83. The molecular weight excluding hydrogens is 238 g/mol. The van der Waals surface area contributed by atoms with Crippen LogP contribution in [0.5, 0.6) is 0 Å². The van der Waals surface area contributed by atoms with Crippen molar-refractivity contribution < 1.29 is 0 Å². The van der Waals surface area contributed by atoms with Crippen LogP contribution in [0.15, 0.2) is 30.6 Å². The van der Waals surface area contributed by atoms with Crippen LogP contribution < -0.4 is 5.32 Å². The maximum absolute atomic E-state index is 3.91. The molecule has 0 aliphatic heterocycles. The predicted octanol–water partition coefficient (Wildman–Crippen LogP) is 2.36. The van der Waals surface area contributed by atoms with Gasteiger partial charge in [0.15, 0.2) is 0 Å². The normalized spacial score (nSPS) is 13.5. The fourth-order valence-electron chi connectivity index (χ4n) is 1.79. The Hall–Kier alpha value is -1.75. The molecule has 0 amide bonds. The van der Waals surface area contributed by atoms with Crippen molar-refractivity contribution >= 4 is 0 Å². The number of benzene rings is 1. The first kappa shape index (κ1) is 13.7. The number of hydrogen-bond donors (Lipinski definition) is 1. The monoisotopic (exact) mass is 259 g/mol. The average Bonchev–Trinajstić information content (AvgIpc) is 2.89. The van der Waals surface area contributed by atoms with Crippen molar-refractivity contribution in [1.29, 1.82) is 0 Å². The number of hydrogen-bond acceptors (Lipinski definition) is 4. The lowest BCUT2D eigenvalue weighted by molar-refractivity contribution is 0.359. The molecule has 5 nitrogen and oxygen atoms in total. The molecule has 0 aliphatic rings. The van der Waals surface area contributed by atoms with Gasteiger partial charge in [-0.3, -0.25) is 0 Å². The molecule has 0 bridgehead atoms. The molecule has 0 radical (unpaired) electrons. The van der Waals surface area contributed by atoms with E-state index in [4.69, 9.17) is 0 Å². The van der Waals surface area contributed by atoms with Crippen molar-refractivity contribution in [3.63, 3.8) is 0 Å². The average molecular weight is 259 g/mol. The van der Waals surface area contributed by atoms with Crippen LogP contribution >= 0.6 is 0 Å². The summed E-state index contributed by atoms with van der Waals surface area (Å²) in [7, 11) is 0. The van der Waals surface area contributed by atoms with Gasteiger partial charge in [-0.2, -0.15) is 0 Å². The maximum Gasteiger partial charge on any atom is 0.143 e. The van der Waals surface area contributed by atoms with E-state index in [-0.39, 0.29) is 5.41 Å². The fraction of sp³-hybridized carbons (Fsp3) is 0.500. The molecular formula is C14H21N5. The smallest absolute Gasteiger partial charge is 0.143 e. The van der Waals surface area contributed by atoms with E-state index in [0.717, 1.165) is 12.2 Å². The Morgan fingerprint density at radius 3 is 2.74 bits per heavy atom. The molecule has 2 aromatic rings. The summed E-state index contributed by atoms with van der Waals surface area (Å²) < 4.78 is 1.67. The van der Waals surface area contributed by atoms with Crippen molar-refractivity contribution in [2.45, 2.75) is 33.7 Å². The Bertz CT molecular complexity index is 513. The highest BCUT2D eigenvalue weighted by Gasteiger charge is 2.13. The minimum absolute atomic E-state index is 0.279. The van der Waals surface area contributed by atoms with Crippen LogP contribution in [0.4, 0.5) is 0 Å². The van der Waals surface area contributed by atoms with Gasteiger partial charge in [-0.1, -0.05) is 32.9 Å². The van der Waals surface area contributed by atoms with Gasteiger partial charge < -0.3 is 5.32 Å². The van der Waals surface area contributed by atoms with Gasteiger partial charge in [0.05, 0.1) is 5.69 Å². The van der Waals surface area contributed by atoms with Gasteiger partial charge in [-0.25, -0.2) is 4.68 Å². The standard InChI is InChI=1S/C14H21N5/c1-11(15-9-14(2,3)4)12-6-5-7-13(8-12)19-10-16-17-18-19/h5-8,10-11,15H,9H2,1-4H3. The molecule has 0 spiro atoms. The quantitative estimate of drug-likeness (QED) is 0.915. The van der Waals surface area contributed by atoms with Gasteiger partial charge in [-0.05, 0) is 40.5 Å². The molecule has 0 saturated carbocycles. The zero-order chi connectivity index (χ0) is 13.9. The SMILES string of the molecule is CC(NCC(C)(C)C)c1cccc(-n2cnnn2)c1. The van der Waals surface area contributed by atoms with Gasteiger partial charge in [0, 0.05) is 12.6 Å². The fourth-order valence-corrected chi connectivity index (χ4v) is 1.79. The second-order valence-electron chi connectivity index (χ2n) is 6.01. The van der Waals surface area contributed by atoms with Crippen LogP contribution in [-0.4, -0.2) is 26.8 Å². The van der Waals surface area contributed by atoms with E-state index in [9.17, 15) is 0 Å². The molecule has 1 aromatic heterocycles. The molecule has 0 aliphatic carbocycles. The minimum atomic E-state index is 0.279. The number of nitrogens with one attached hydrogen (secondary N) is 1. The van der Waals surface area contributed by atoms with Crippen molar-refractivity contribution in [3.8, 4) is 5.69 Å². The second-order valence-corrected chi connectivity index (χ2v) is 6.01. The van der Waals surface area contributed by atoms with Crippen molar-refractivity contribution in [2.24, 2.45) is 5.41 Å². The number of aromatic nitrogens is 4. The highest BCUT2D eigenvalue weighted by molar-refractivity contribution is 5.35. The Labute approximate surface area is 114 Å². The molecule has 0 saturated heterocycles. The molecule has 1 N–H and O–H groups in total. The lowest BCUT2D eigenvalue weighted by Crippen LogP contribution is -2.29. The zero-order valence-electron chi connectivity index (χ0n) is 12.0. The predicted molar refractivity (Wildman–Crippen MR) is 75.0 cm³/mol. The second kappa shape index (κ2) is 5.48. The molecule has 1 unspecified atom stereocenters. The first-order valence-corrected chi connectivity index (χ1v) is 6.52.